The van der Waals surface area contributed by atoms with Crippen molar-refractivity contribution in [3.8, 4) is 0 Å². The van der Waals surface area contributed by atoms with E-state index in [0.29, 0.717) is 17.8 Å². The van der Waals surface area contributed by atoms with Gasteiger partial charge in [-0.15, -0.1) is 0 Å². The van der Waals surface area contributed by atoms with Crippen LogP contribution in [0.2, 0.25) is 0 Å². The first-order valence-electron chi connectivity index (χ1n) is 6.37. The summed E-state index contributed by atoms with van der Waals surface area (Å²) in [6.07, 6.45) is 8.23. The number of nitrogens with zero attached hydrogens (tertiary/aromatic N) is 2. The fourth-order valence-corrected chi connectivity index (χ4v) is 2.42. The van der Waals surface area contributed by atoms with Crippen LogP contribution in [0.25, 0.3) is 0 Å². The maximum absolute atomic E-state index is 11.2. The van der Waals surface area contributed by atoms with Gasteiger partial charge in [-0.05, 0) is 25.7 Å². The SMILES string of the molecule is COC(=O)c1cnc(NC(C)C2CCCC2)cn1. The molecule has 0 saturated heterocycles. The molecule has 5 nitrogen and oxygen atoms in total. The molecule has 2 rings (SSSR count). The van der Waals surface area contributed by atoms with Crippen molar-refractivity contribution in [2.45, 2.75) is 38.6 Å². The summed E-state index contributed by atoms with van der Waals surface area (Å²) >= 11 is 0. The number of methoxy groups -OCH3 is 1. The summed E-state index contributed by atoms with van der Waals surface area (Å²) < 4.78 is 4.58. The molecule has 1 N–H and O–H groups in total. The molecule has 1 unspecified atom stereocenters. The topological polar surface area (TPSA) is 64.1 Å². The molecule has 5 heteroatoms. The molecular formula is C13H19N3O2. The molecule has 0 aliphatic heterocycles. The minimum atomic E-state index is -0.460. The lowest BCUT2D eigenvalue weighted by Crippen LogP contribution is -2.24. The zero-order valence-electron chi connectivity index (χ0n) is 10.8. The maximum Gasteiger partial charge on any atom is 0.358 e. The van der Waals surface area contributed by atoms with E-state index in [0.717, 1.165) is 0 Å². The molecular weight excluding hydrogens is 230 g/mol. The number of nitrogens with one attached hydrogen (secondary N) is 1. The number of hydrogen-bond donors (Lipinski definition) is 1. The van der Waals surface area contributed by atoms with Crippen molar-refractivity contribution >= 4 is 11.8 Å². The summed E-state index contributed by atoms with van der Waals surface area (Å²) in [6, 6.07) is 0.394. The number of esters is 1. The lowest BCUT2D eigenvalue weighted by Gasteiger charge is -2.20. The lowest BCUT2D eigenvalue weighted by atomic mass is 10.00. The number of carbonyl (C=O) groups is 1. The summed E-state index contributed by atoms with van der Waals surface area (Å²) in [5.74, 6) is 0.965. The number of hydrogen-bond acceptors (Lipinski definition) is 5. The third-order valence-corrected chi connectivity index (χ3v) is 3.53. The van der Waals surface area contributed by atoms with Gasteiger partial charge in [-0.1, -0.05) is 12.8 Å². The Hall–Kier alpha value is -1.65. The van der Waals surface area contributed by atoms with Crippen LogP contribution in [0.3, 0.4) is 0 Å². The summed E-state index contributed by atoms with van der Waals surface area (Å²) in [4.78, 5) is 19.4. The molecule has 1 fully saturated rings. The second-order valence-electron chi connectivity index (χ2n) is 4.76. The monoisotopic (exact) mass is 249 g/mol. The molecule has 98 valence electrons. The van der Waals surface area contributed by atoms with E-state index < -0.39 is 5.97 Å². The standard InChI is InChI=1S/C13H19N3O2/c1-9(10-5-3-4-6-10)16-12-8-14-11(7-15-12)13(17)18-2/h7-10H,3-6H2,1-2H3,(H,15,16). The quantitative estimate of drug-likeness (QED) is 0.829. The van der Waals surface area contributed by atoms with Gasteiger partial charge in [-0.2, -0.15) is 0 Å². The molecule has 0 amide bonds. The summed E-state index contributed by atoms with van der Waals surface area (Å²) in [5, 5.41) is 3.34. The van der Waals surface area contributed by atoms with Gasteiger partial charge in [0.15, 0.2) is 5.69 Å². The zero-order valence-corrected chi connectivity index (χ0v) is 10.8. The van der Waals surface area contributed by atoms with Gasteiger partial charge < -0.3 is 10.1 Å². The highest BCUT2D eigenvalue weighted by Gasteiger charge is 2.21. The van der Waals surface area contributed by atoms with Crippen molar-refractivity contribution in [1.29, 1.82) is 0 Å². The van der Waals surface area contributed by atoms with Gasteiger partial charge >= 0.3 is 5.97 Å². The molecule has 0 aromatic carbocycles. The van der Waals surface area contributed by atoms with E-state index in [2.05, 4.69) is 26.9 Å². The minimum absolute atomic E-state index is 0.233. The Balaban J connectivity index is 1.95. The Labute approximate surface area is 107 Å². The average molecular weight is 249 g/mol. The first-order valence-corrected chi connectivity index (χ1v) is 6.37. The minimum Gasteiger partial charge on any atom is -0.464 e. The van der Waals surface area contributed by atoms with Gasteiger partial charge in [0.05, 0.1) is 19.5 Å². The van der Waals surface area contributed by atoms with E-state index in [1.54, 1.807) is 6.20 Å². The molecule has 1 saturated carbocycles. The number of aromatic nitrogens is 2. The van der Waals surface area contributed by atoms with Gasteiger partial charge in [0.2, 0.25) is 0 Å². The van der Waals surface area contributed by atoms with E-state index in [-0.39, 0.29) is 5.69 Å². The smallest absolute Gasteiger partial charge is 0.358 e. The first kappa shape index (κ1) is 12.8. The van der Waals surface area contributed by atoms with Crippen LogP contribution < -0.4 is 5.32 Å². The lowest BCUT2D eigenvalue weighted by molar-refractivity contribution is 0.0593. The summed E-state index contributed by atoms with van der Waals surface area (Å²) in [7, 11) is 1.33. The van der Waals surface area contributed by atoms with Crippen molar-refractivity contribution in [2.75, 3.05) is 12.4 Å². The highest BCUT2D eigenvalue weighted by atomic mass is 16.5. The van der Waals surface area contributed by atoms with Crippen molar-refractivity contribution in [3.63, 3.8) is 0 Å². The largest absolute Gasteiger partial charge is 0.464 e. The number of carbonyl (C=O) groups excluding carboxylic acids is 1. The normalized spacial score (nSPS) is 17.4. The van der Waals surface area contributed by atoms with Crippen LogP contribution >= 0.6 is 0 Å². The van der Waals surface area contributed by atoms with Crippen molar-refractivity contribution < 1.29 is 9.53 Å². The van der Waals surface area contributed by atoms with Crippen LogP contribution in [-0.4, -0.2) is 29.1 Å². The van der Waals surface area contributed by atoms with Crippen molar-refractivity contribution in [3.05, 3.63) is 18.1 Å². The van der Waals surface area contributed by atoms with Crippen molar-refractivity contribution in [2.24, 2.45) is 5.92 Å². The predicted octanol–water partition coefficient (Wildman–Crippen LogP) is 2.25. The Morgan fingerprint density at radius 1 is 1.39 bits per heavy atom. The molecule has 1 aliphatic rings. The fourth-order valence-electron chi connectivity index (χ4n) is 2.42. The molecule has 1 aromatic heterocycles. The number of anilines is 1. The molecule has 1 heterocycles. The zero-order chi connectivity index (χ0) is 13.0. The van der Waals surface area contributed by atoms with Gasteiger partial charge in [0.25, 0.3) is 0 Å². The average Bonchev–Trinajstić information content (AvgIpc) is 2.92. The summed E-state index contributed by atoms with van der Waals surface area (Å²) in [6.45, 7) is 2.17. The molecule has 1 aromatic rings. The highest BCUT2D eigenvalue weighted by molar-refractivity contribution is 5.86. The van der Waals surface area contributed by atoms with Gasteiger partial charge in [0, 0.05) is 6.04 Å². The highest BCUT2D eigenvalue weighted by Crippen LogP contribution is 2.28. The van der Waals surface area contributed by atoms with Crippen LogP contribution in [-0.2, 0) is 4.74 Å². The maximum atomic E-state index is 11.2. The van der Waals surface area contributed by atoms with E-state index in [4.69, 9.17) is 0 Å². The molecule has 0 bridgehead atoms. The molecule has 0 spiro atoms. The Morgan fingerprint density at radius 3 is 2.67 bits per heavy atom. The van der Waals surface area contributed by atoms with Crippen LogP contribution in [0.15, 0.2) is 12.4 Å². The number of ether oxygens (including phenoxy) is 1. The second kappa shape index (κ2) is 5.80. The van der Waals surface area contributed by atoms with Gasteiger partial charge in [-0.25, -0.2) is 14.8 Å². The van der Waals surface area contributed by atoms with E-state index in [9.17, 15) is 4.79 Å². The molecule has 18 heavy (non-hydrogen) atoms. The van der Waals surface area contributed by atoms with Gasteiger partial charge in [0.1, 0.15) is 5.82 Å². The van der Waals surface area contributed by atoms with Gasteiger partial charge in [-0.3, -0.25) is 0 Å². The van der Waals surface area contributed by atoms with Crippen molar-refractivity contribution in [1.82, 2.24) is 9.97 Å². The third-order valence-electron chi connectivity index (χ3n) is 3.53. The van der Waals surface area contributed by atoms with Crippen LogP contribution in [0.4, 0.5) is 5.82 Å². The third kappa shape index (κ3) is 2.97. The molecule has 1 aliphatic carbocycles. The molecule has 1 atom stereocenters. The Kier molecular flexibility index (Phi) is 4.12. The molecule has 0 radical (unpaired) electrons. The summed E-state index contributed by atoms with van der Waals surface area (Å²) in [5.41, 5.74) is 0.233. The Morgan fingerprint density at radius 2 is 2.11 bits per heavy atom. The van der Waals surface area contributed by atoms with Crippen LogP contribution in [0.1, 0.15) is 43.1 Å². The van der Waals surface area contributed by atoms with E-state index >= 15 is 0 Å². The Bertz CT molecular complexity index is 399. The van der Waals surface area contributed by atoms with E-state index in [1.807, 2.05) is 0 Å². The first-order chi connectivity index (χ1) is 8.70. The fraction of sp³-hybridized carbons (Fsp3) is 0.615. The van der Waals surface area contributed by atoms with E-state index in [1.165, 1.54) is 39.0 Å². The predicted molar refractivity (Wildman–Crippen MR) is 68.4 cm³/mol. The number of rotatable bonds is 4. The van der Waals surface area contributed by atoms with Crippen LogP contribution in [0, 0.1) is 5.92 Å². The second-order valence-corrected chi connectivity index (χ2v) is 4.76. The van der Waals surface area contributed by atoms with Crippen LogP contribution in [0.5, 0.6) is 0 Å².